The fourth-order valence-electron chi connectivity index (χ4n) is 3.67. The zero-order valence-electron chi connectivity index (χ0n) is 16.5. The number of unbranched alkanes of at least 4 members (excludes halogenated alkanes) is 1. The number of rotatable bonds is 5. The van der Waals surface area contributed by atoms with Gasteiger partial charge in [0, 0.05) is 12.2 Å². The van der Waals surface area contributed by atoms with Crippen LogP contribution in [0.5, 0.6) is 0 Å². The van der Waals surface area contributed by atoms with Crippen molar-refractivity contribution in [2.75, 3.05) is 18.0 Å². The van der Waals surface area contributed by atoms with Crippen LogP contribution in [0.3, 0.4) is 0 Å². The summed E-state index contributed by atoms with van der Waals surface area (Å²) in [7, 11) is 0. The van der Waals surface area contributed by atoms with Crippen LogP contribution in [0.2, 0.25) is 0 Å². The summed E-state index contributed by atoms with van der Waals surface area (Å²) in [5, 5.41) is 3.89. The lowest BCUT2D eigenvalue weighted by molar-refractivity contribution is -0.121. The smallest absolute Gasteiger partial charge is 0.260 e. The largest absolute Gasteiger partial charge is 0.361 e. The number of hydrogen-bond donors (Lipinski definition) is 0. The predicted molar refractivity (Wildman–Crippen MR) is 104 cm³/mol. The van der Waals surface area contributed by atoms with Crippen molar-refractivity contribution >= 4 is 17.5 Å². The molecule has 1 aliphatic heterocycles. The van der Waals surface area contributed by atoms with Gasteiger partial charge in [0.2, 0.25) is 5.91 Å². The standard InChI is InChI=1S/C21H27N3O3/c1-5-6-9-18-12-23(17-10-7-8-14(2)11-17)19(25)13-24(18)21(26)20-15(3)22-27-16(20)4/h7-8,10-11,18H,5-6,9,12-13H2,1-4H3/t18-/m0/s1. The minimum absolute atomic E-state index is 0.0237. The Morgan fingerprint density at radius 1 is 1.30 bits per heavy atom. The molecule has 0 N–H and O–H groups in total. The summed E-state index contributed by atoms with van der Waals surface area (Å²) in [6.45, 7) is 8.23. The lowest BCUT2D eigenvalue weighted by atomic mass is 10.0. The highest BCUT2D eigenvalue weighted by atomic mass is 16.5. The topological polar surface area (TPSA) is 66.7 Å². The number of amides is 2. The number of aryl methyl sites for hydroxylation is 3. The highest BCUT2D eigenvalue weighted by Gasteiger charge is 2.37. The second-order valence-electron chi connectivity index (χ2n) is 7.27. The molecule has 0 saturated carbocycles. The fraction of sp³-hybridized carbons (Fsp3) is 0.476. The maximum atomic E-state index is 13.2. The quantitative estimate of drug-likeness (QED) is 0.807. The Hall–Kier alpha value is -2.63. The molecule has 1 saturated heterocycles. The number of benzene rings is 1. The Balaban J connectivity index is 1.89. The average Bonchev–Trinajstić information content (AvgIpc) is 2.98. The highest BCUT2D eigenvalue weighted by Crippen LogP contribution is 2.26. The molecule has 1 aromatic carbocycles. The molecule has 144 valence electrons. The molecule has 0 unspecified atom stereocenters. The van der Waals surface area contributed by atoms with E-state index < -0.39 is 0 Å². The van der Waals surface area contributed by atoms with Crippen LogP contribution in [0.1, 0.15) is 53.6 Å². The van der Waals surface area contributed by atoms with Crippen molar-refractivity contribution in [2.45, 2.75) is 53.0 Å². The SMILES string of the molecule is CCCC[C@H]1CN(c2cccc(C)c2)C(=O)CN1C(=O)c1c(C)noc1C. The van der Waals surface area contributed by atoms with E-state index in [-0.39, 0.29) is 24.4 Å². The van der Waals surface area contributed by atoms with Gasteiger partial charge in [0.05, 0.1) is 11.7 Å². The maximum Gasteiger partial charge on any atom is 0.260 e. The van der Waals surface area contributed by atoms with Crippen molar-refractivity contribution < 1.29 is 14.1 Å². The van der Waals surface area contributed by atoms with Crippen LogP contribution >= 0.6 is 0 Å². The first-order chi connectivity index (χ1) is 12.9. The van der Waals surface area contributed by atoms with E-state index in [9.17, 15) is 9.59 Å². The van der Waals surface area contributed by atoms with Crippen LogP contribution in [-0.2, 0) is 4.79 Å². The molecule has 2 amide bonds. The van der Waals surface area contributed by atoms with E-state index in [1.54, 1.807) is 18.7 Å². The third-order valence-electron chi connectivity index (χ3n) is 5.15. The van der Waals surface area contributed by atoms with E-state index in [0.717, 1.165) is 30.5 Å². The van der Waals surface area contributed by atoms with Gasteiger partial charge in [-0.15, -0.1) is 0 Å². The molecule has 0 bridgehead atoms. The Morgan fingerprint density at radius 3 is 2.70 bits per heavy atom. The Kier molecular flexibility index (Phi) is 5.63. The van der Waals surface area contributed by atoms with Crippen LogP contribution in [0.4, 0.5) is 5.69 Å². The minimum Gasteiger partial charge on any atom is -0.361 e. The summed E-state index contributed by atoms with van der Waals surface area (Å²) in [6.07, 6.45) is 2.91. The van der Waals surface area contributed by atoms with Crippen molar-refractivity contribution in [3.63, 3.8) is 0 Å². The first-order valence-corrected chi connectivity index (χ1v) is 9.53. The molecule has 2 aromatic rings. The number of carbonyl (C=O) groups excluding carboxylic acids is 2. The van der Waals surface area contributed by atoms with Crippen LogP contribution in [0.15, 0.2) is 28.8 Å². The number of aromatic nitrogens is 1. The molecule has 1 fully saturated rings. The number of piperazine rings is 1. The summed E-state index contributed by atoms with van der Waals surface area (Å²) in [4.78, 5) is 29.6. The molecule has 0 radical (unpaired) electrons. The Morgan fingerprint density at radius 2 is 2.07 bits per heavy atom. The second-order valence-corrected chi connectivity index (χ2v) is 7.27. The van der Waals surface area contributed by atoms with Gasteiger partial charge in [-0.1, -0.05) is 37.1 Å². The van der Waals surface area contributed by atoms with Crippen molar-refractivity contribution in [1.82, 2.24) is 10.1 Å². The van der Waals surface area contributed by atoms with E-state index in [1.165, 1.54) is 0 Å². The van der Waals surface area contributed by atoms with E-state index >= 15 is 0 Å². The molecule has 0 spiro atoms. The third kappa shape index (κ3) is 3.89. The zero-order valence-corrected chi connectivity index (χ0v) is 16.5. The number of carbonyl (C=O) groups is 2. The number of hydrogen-bond acceptors (Lipinski definition) is 4. The maximum absolute atomic E-state index is 13.2. The summed E-state index contributed by atoms with van der Waals surface area (Å²) in [5.74, 6) is 0.276. The molecule has 27 heavy (non-hydrogen) atoms. The van der Waals surface area contributed by atoms with Crippen molar-refractivity contribution in [3.05, 3.63) is 46.8 Å². The molecule has 0 aliphatic carbocycles. The van der Waals surface area contributed by atoms with Crippen molar-refractivity contribution in [3.8, 4) is 0 Å². The first-order valence-electron chi connectivity index (χ1n) is 9.53. The van der Waals surface area contributed by atoms with Crippen LogP contribution in [-0.4, -0.2) is 41.0 Å². The highest BCUT2D eigenvalue weighted by molar-refractivity contribution is 6.02. The van der Waals surface area contributed by atoms with Crippen molar-refractivity contribution in [2.24, 2.45) is 0 Å². The summed E-state index contributed by atoms with van der Waals surface area (Å²) in [6, 6.07) is 7.92. The number of anilines is 1. The molecule has 1 aromatic heterocycles. The molecule has 6 nitrogen and oxygen atoms in total. The molecule has 6 heteroatoms. The molecule has 2 heterocycles. The van der Waals surface area contributed by atoms with Gasteiger partial charge in [0.15, 0.2) is 0 Å². The average molecular weight is 369 g/mol. The van der Waals surface area contributed by atoms with Gasteiger partial charge in [0.1, 0.15) is 17.9 Å². The van der Waals surface area contributed by atoms with Gasteiger partial charge in [-0.2, -0.15) is 0 Å². The van der Waals surface area contributed by atoms with E-state index in [0.29, 0.717) is 23.6 Å². The first kappa shape index (κ1) is 19.1. The monoisotopic (exact) mass is 369 g/mol. The van der Waals surface area contributed by atoms with Gasteiger partial charge in [0.25, 0.3) is 5.91 Å². The lowest BCUT2D eigenvalue weighted by Crippen LogP contribution is -2.58. The van der Waals surface area contributed by atoms with Gasteiger partial charge in [-0.25, -0.2) is 0 Å². The minimum atomic E-state index is -0.162. The molecular formula is C21H27N3O3. The summed E-state index contributed by atoms with van der Waals surface area (Å²) < 4.78 is 5.16. The Bertz CT molecular complexity index is 823. The number of nitrogens with zero attached hydrogens (tertiary/aromatic N) is 3. The Labute approximate surface area is 160 Å². The third-order valence-corrected chi connectivity index (χ3v) is 5.15. The predicted octanol–water partition coefficient (Wildman–Crippen LogP) is 3.65. The molecular weight excluding hydrogens is 342 g/mol. The zero-order chi connectivity index (χ0) is 19.6. The molecule has 3 rings (SSSR count). The van der Waals surface area contributed by atoms with Crippen molar-refractivity contribution in [1.29, 1.82) is 0 Å². The van der Waals surface area contributed by atoms with E-state index in [4.69, 9.17) is 4.52 Å². The lowest BCUT2D eigenvalue weighted by Gasteiger charge is -2.41. The fourth-order valence-corrected chi connectivity index (χ4v) is 3.67. The van der Waals surface area contributed by atoms with E-state index in [1.807, 2.05) is 36.1 Å². The van der Waals surface area contributed by atoms with E-state index in [2.05, 4.69) is 12.1 Å². The van der Waals surface area contributed by atoms with Gasteiger partial charge >= 0.3 is 0 Å². The normalized spacial score (nSPS) is 17.5. The molecule has 1 aliphatic rings. The van der Waals surface area contributed by atoms with Gasteiger partial charge in [-0.05, 0) is 44.9 Å². The van der Waals surface area contributed by atoms with Crippen LogP contribution in [0, 0.1) is 20.8 Å². The molecule has 1 atom stereocenters. The van der Waals surface area contributed by atoms with Gasteiger partial charge < -0.3 is 14.3 Å². The van der Waals surface area contributed by atoms with Crippen LogP contribution < -0.4 is 4.90 Å². The van der Waals surface area contributed by atoms with Gasteiger partial charge in [-0.3, -0.25) is 9.59 Å². The second kappa shape index (κ2) is 7.94. The summed E-state index contributed by atoms with van der Waals surface area (Å²) in [5.41, 5.74) is 3.05. The summed E-state index contributed by atoms with van der Waals surface area (Å²) >= 11 is 0. The van der Waals surface area contributed by atoms with Crippen LogP contribution in [0.25, 0.3) is 0 Å².